The highest BCUT2D eigenvalue weighted by molar-refractivity contribution is 6.42. The van der Waals surface area contributed by atoms with Crippen molar-refractivity contribution in [3.63, 3.8) is 0 Å². The molecule has 0 saturated carbocycles. The molecular formula is C14H19Cl2NO. The van der Waals surface area contributed by atoms with Gasteiger partial charge in [-0.15, -0.1) is 0 Å². The first-order valence-corrected chi connectivity index (χ1v) is 6.92. The largest absolute Gasteiger partial charge is 0.329 e. The normalized spacial score (nSPS) is 11.6. The van der Waals surface area contributed by atoms with E-state index in [1.807, 2.05) is 19.9 Å². The lowest BCUT2D eigenvalue weighted by atomic mass is 9.76. The maximum Gasteiger partial charge on any atom is 0.144 e. The van der Waals surface area contributed by atoms with Gasteiger partial charge >= 0.3 is 0 Å². The Bertz CT molecular complexity index is 420. The van der Waals surface area contributed by atoms with E-state index in [1.54, 1.807) is 12.1 Å². The minimum atomic E-state index is -0.411. The van der Waals surface area contributed by atoms with Crippen molar-refractivity contribution >= 4 is 29.0 Å². The Hall–Kier alpha value is -0.570. The molecule has 0 aliphatic rings. The molecule has 0 aromatic heterocycles. The van der Waals surface area contributed by atoms with Crippen LogP contribution in [0, 0.1) is 5.41 Å². The lowest BCUT2D eigenvalue weighted by Crippen LogP contribution is -2.38. The molecule has 4 heteroatoms. The Balaban J connectivity index is 2.89. The maximum absolute atomic E-state index is 12.4. The number of halogens is 2. The van der Waals surface area contributed by atoms with Crippen molar-refractivity contribution in [3.8, 4) is 0 Å². The van der Waals surface area contributed by atoms with Crippen LogP contribution in [-0.4, -0.2) is 12.3 Å². The average Bonchev–Trinajstić information content (AvgIpc) is 2.37. The first kappa shape index (κ1) is 15.5. The van der Waals surface area contributed by atoms with Gasteiger partial charge in [-0.1, -0.05) is 43.1 Å². The Labute approximate surface area is 118 Å². The van der Waals surface area contributed by atoms with Crippen LogP contribution < -0.4 is 5.73 Å². The summed E-state index contributed by atoms with van der Waals surface area (Å²) < 4.78 is 0. The van der Waals surface area contributed by atoms with Gasteiger partial charge in [0, 0.05) is 18.4 Å². The monoisotopic (exact) mass is 287 g/mol. The number of hydrogen-bond donors (Lipinski definition) is 1. The molecule has 0 amide bonds. The van der Waals surface area contributed by atoms with Crippen LogP contribution in [0.3, 0.4) is 0 Å². The lowest BCUT2D eigenvalue weighted by molar-refractivity contribution is -0.128. The Morgan fingerprint density at radius 1 is 1.22 bits per heavy atom. The van der Waals surface area contributed by atoms with E-state index in [4.69, 9.17) is 28.9 Å². The minimum absolute atomic E-state index is 0.174. The highest BCUT2D eigenvalue weighted by Crippen LogP contribution is 2.29. The molecule has 1 aromatic rings. The van der Waals surface area contributed by atoms with E-state index in [9.17, 15) is 4.79 Å². The molecule has 0 radical (unpaired) electrons. The van der Waals surface area contributed by atoms with Gasteiger partial charge in [0.2, 0.25) is 0 Å². The number of rotatable bonds is 6. The number of ketones is 1. The van der Waals surface area contributed by atoms with Crippen molar-refractivity contribution in [1.82, 2.24) is 0 Å². The zero-order valence-corrected chi connectivity index (χ0v) is 12.3. The van der Waals surface area contributed by atoms with Gasteiger partial charge in [0.05, 0.1) is 10.0 Å². The minimum Gasteiger partial charge on any atom is -0.329 e. The summed E-state index contributed by atoms with van der Waals surface area (Å²) in [6.07, 6.45) is 1.88. The van der Waals surface area contributed by atoms with Crippen LogP contribution in [0.2, 0.25) is 10.0 Å². The number of benzene rings is 1. The summed E-state index contributed by atoms with van der Waals surface area (Å²) in [4.78, 5) is 12.4. The average molecular weight is 288 g/mol. The highest BCUT2D eigenvalue weighted by Gasteiger charge is 2.32. The highest BCUT2D eigenvalue weighted by atomic mass is 35.5. The quantitative estimate of drug-likeness (QED) is 0.863. The Kier molecular flexibility index (Phi) is 5.64. The first-order valence-electron chi connectivity index (χ1n) is 6.16. The van der Waals surface area contributed by atoms with Crippen LogP contribution in [0.5, 0.6) is 0 Å². The van der Waals surface area contributed by atoms with Crippen molar-refractivity contribution < 1.29 is 4.79 Å². The molecule has 0 atom stereocenters. The summed E-state index contributed by atoms with van der Waals surface area (Å²) in [6.45, 7) is 4.40. The van der Waals surface area contributed by atoms with E-state index in [2.05, 4.69) is 0 Å². The summed E-state index contributed by atoms with van der Waals surface area (Å²) in [5, 5.41) is 0.984. The molecule has 0 aliphatic carbocycles. The van der Waals surface area contributed by atoms with E-state index in [0.717, 1.165) is 18.4 Å². The smallest absolute Gasteiger partial charge is 0.144 e. The second kappa shape index (κ2) is 6.55. The molecule has 0 heterocycles. The van der Waals surface area contributed by atoms with Gasteiger partial charge in [0.25, 0.3) is 0 Å². The van der Waals surface area contributed by atoms with E-state index in [-0.39, 0.29) is 5.78 Å². The summed E-state index contributed by atoms with van der Waals surface area (Å²) >= 11 is 11.8. The van der Waals surface area contributed by atoms with E-state index in [0.29, 0.717) is 23.0 Å². The Morgan fingerprint density at radius 3 is 2.28 bits per heavy atom. The SMILES string of the molecule is CCC(CC)(CN)C(=O)Cc1ccc(Cl)c(Cl)c1. The fourth-order valence-corrected chi connectivity index (χ4v) is 2.39. The van der Waals surface area contributed by atoms with Crippen molar-refractivity contribution in [2.45, 2.75) is 33.1 Å². The molecule has 2 nitrogen and oxygen atoms in total. The molecule has 18 heavy (non-hydrogen) atoms. The standard InChI is InChI=1S/C14H19Cl2NO/c1-3-14(4-2,9-17)13(18)8-10-5-6-11(15)12(16)7-10/h5-7H,3-4,8-9,17H2,1-2H3. The van der Waals surface area contributed by atoms with Crippen LogP contribution in [0.1, 0.15) is 32.3 Å². The molecular weight excluding hydrogens is 269 g/mol. The van der Waals surface area contributed by atoms with Crippen molar-refractivity contribution in [3.05, 3.63) is 33.8 Å². The van der Waals surface area contributed by atoms with E-state index >= 15 is 0 Å². The fourth-order valence-electron chi connectivity index (χ4n) is 2.07. The van der Waals surface area contributed by atoms with Gasteiger partial charge in [-0.3, -0.25) is 4.79 Å². The van der Waals surface area contributed by atoms with Crippen molar-refractivity contribution in [1.29, 1.82) is 0 Å². The van der Waals surface area contributed by atoms with Gasteiger partial charge in [0.1, 0.15) is 5.78 Å². The zero-order valence-electron chi connectivity index (χ0n) is 10.8. The molecule has 0 fully saturated rings. The molecule has 0 aliphatic heterocycles. The number of nitrogens with two attached hydrogens (primary N) is 1. The summed E-state index contributed by atoms with van der Waals surface area (Å²) in [7, 11) is 0. The van der Waals surface area contributed by atoms with Crippen LogP contribution in [0.4, 0.5) is 0 Å². The van der Waals surface area contributed by atoms with Crippen molar-refractivity contribution in [2.75, 3.05) is 6.54 Å². The second-order valence-corrected chi connectivity index (χ2v) is 5.35. The summed E-state index contributed by atoms with van der Waals surface area (Å²) in [5.74, 6) is 0.174. The third kappa shape index (κ3) is 3.25. The number of Topliss-reactive ketones (excluding diaryl/α,β-unsaturated/α-hetero) is 1. The van der Waals surface area contributed by atoms with Gasteiger partial charge in [0.15, 0.2) is 0 Å². The second-order valence-electron chi connectivity index (χ2n) is 4.54. The van der Waals surface area contributed by atoms with Gasteiger partial charge in [-0.2, -0.15) is 0 Å². The molecule has 0 unspecified atom stereocenters. The van der Waals surface area contributed by atoms with Gasteiger partial charge < -0.3 is 5.73 Å². The van der Waals surface area contributed by atoms with Gasteiger partial charge in [-0.25, -0.2) is 0 Å². The van der Waals surface area contributed by atoms with Crippen LogP contribution in [0.15, 0.2) is 18.2 Å². The topological polar surface area (TPSA) is 43.1 Å². The lowest BCUT2D eigenvalue weighted by Gasteiger charge is -2.28. The number of carbonyl (C=O) groups is 1. The van der Waals surface area contributed by atoms with Crippen LogP contribution >= 0.6 is 23.2 Å². The summed E-state index contributed by atoms with van der Waals surface area (Å²) in [6, 6.07) is 5.29. The van der Waals surface area contributed by atoms with E-state index in [1.165, 1.54) is 0 Å². The molecule has 1 rings (SSSR count). The number of carbonyl (C=O) groups excluding carboxylic acids is 1. The van der Waals surface area contributed by atoms with E-state index < -0.39 is 5.41 Å². The maximum atomic E-state index is 12.4. The zero-order chi connectivity index (χ0) is 13.8. The van der Waals surface area contributed by atoms with Crippen molar-refractivity contribution in [2.24, 2.45) is 11.1 Å². The molecule has 1 aromatic carbocycles. The Morgan fingerprint density at radius 2 is 1.83 bits per heavy atom. The van der Waals surface area contributed by atoms with Crippen LogP contribution in [-0.2, 0) is 11.2 Å². The molecule has 2 N–H and O–H groups in total. The number of hydrogen-bond acceptors (Lipinski definition) is 2. The summed E-state index contributed by atoms with van der Waals surface area (Å²) in [5.41, 5.74) is 6.24. The van der Waals surface area contributed by atoms with Gasteiger partial charge in [-0.05, 0) is 30.5 Å². The predicted octanol–water partition coefficient (Wildman–Crippen LogP) is 3.87. The molecule has 0 saturated heterocycles. The third-order valence-corrected chi connectivity index (χ3v) is 4.42. The first-order chi connectivity index (χ1) is 8.49. The molecule has 100 valence electrons. The third-order valence-electron chi connectivity index (χ3n) is 3.68. The predicted molar refractivity (Wildman–Crippen MR) is 77.2 cm³/mol. The van der Waals surface area contributed by atoms with Crippen LogP contribution in [0.25, 0.3) is 0 Å². The molecule has 0 bridgehead atoms. The molecule has 0 spiro atoms. The fraction of sp³-hybridized carbons (Fsp3) is 0.500.